The topological polar surface area (TPSA) is 109 Å². The summed E-state index contributed by atoms with van der Waals surface area (Å²) in [6, 6.07) is 0.174. The molecule has 1 rings (SSSR count). The van der Waals surface area contributed by atoms with Gasteiger partial charge in [0, 0.05) is 0 Å². The fourth-order valence-electron chi connectivity index (χ4n) is 1.67. The Morgan fingerprint density at radius 1 is 1.38 bits per heavy atom. The van der Waals surface area contributed by atoms with Gasteiger partial charge in [0.1, 0.15) is 11.4 Å². The van der Waals surface area contributed by atoms with Gasteiger partial charge < -0.3 is 19.9 Å². The molecule has 0 spiro atoms. The molecule has 9 heteroatoms. The summed E-state index contributed by atoms with van der Waals surface area (Å²) in [4.78, 5) is 24.5. The van der Waals surface area contributed by atoms with Gasteiger partial charge in [-0.2, -0.15) is 4.98 Å². The standard InChI is InChI=1S/C15H21IN4O4/c1-6-24-14(21)11(17)10(16)12(8(2)3)19-9-7-18-15(23-5)20-13(9)22-4/h7-8H,6,17H2,1-5H3. The summed E-state index contributed by atoms with van der Waals surface area (Å²) >= 11 is 1.98. The molecule has 1 aromatic rings. The van der Waals surface area contributed by atoms with E-state index in [0.717, 1.165) is 0 Å². The maximum absolute atomic E-state index is 11.8. The number of ether oxygens (including phenoxy) is 3. The number of carbonyl (C=O) groups excluding carboxylic acids is 1. The van der Waals surface area contributed by atoms with E-state index < -0.39 is 5.97 Å². The van der Waals surface area contributed by atoms with Crippen molar-refractivity contribution in [1.29, 1.82) is 0 Å². The lowest BCUT2D eigenvalue weighted by molar-refractivity contribution is -0.138. The first kappa shape index (κ1) is 20.1. The van der Waals surface area contributed by atoms with Crippen molar-refractivity contribution in [3.63, 3.8) is 0 Å². The number of rotatable bonds is 7. The van der Waals surface area contributed by atoms with Gasteiger partial charge in [-0.05, 0) is 35.4 Å². The highest BCUT2D eigenvalue weighted by Crippen LogP contribution is 2.29. The van der Waals surface area contributed by atoms with Crippen LogP contribution in [0.15, 0.2) is 20.5 Å². The van der Waals surface area contributed by atoms with E-state index in [1.807, 2.05) is 36.4 Å². The van der Waals surface area contributed by atoms with Crippen LogP contribution < -0.4 is 15.2 Å². The Kier molecular flexibility index (Phi) is 7.89. The number of halogens is 1. The van der Waals surface area contributed by atoms with Crippen molar-refractivity contribution in [1.82, 2.24) is 9.97 Å². The normalized spacial score (nSPS) is 12.7. The van der Waals surface area contributed by atoms with Gasteiger partial charge in [-0.3, -0.25) is 0 Å². The maximum atomic E-state index is 11.8. The molecule has 0 saturated heterocycles. The van der Waals surface area contributed by atoms with Gasteiger partial charge in [0.05, 0.1) is 36.3 Å². The van der Waals surface area contributed by atoms with Gasteiger partial charge in [0.15, 0.2) is 0 Å². The molecule has 0 aliphatic carbocycles. The largest absolute Gasteiger partial charge is 0.479 e. The molecule has 8 nitrogen and oxygen atoms in total. The number of nitrogens with zero attached hydrogens (tertiary/aromatic N) is 3. The molecule has 0 saturated carbocycles. The lowest BCUT2D eigenvalue weighted by Crippen LogP contribution is -2.20. The fraction of sp³-hybridized carbons (Fsp3) is 0.467. The van der Waals surface area contributed by atoms with Crippen LogP contribution in [0.3, 0.4) is 0 Å². The molecule has 0 amide bonds. The van der Waals surface area contributed by atoms with Gasteiger partial charge in [0.2, 0.25) is 5.88 Å². The van der Waals surface area contributed by atoms with Crippen LogP contribution in [-0.2, 0) is 9.53 Å². The predicted octanol–water partition coefficient (Wildman–Crippen LogP) is 2.39. The Bertz CT molecular complexity index is 659. The summed E-state index contributed by atoms with van der Waals surface area (Å²) in [6.07, 6.45) is 1.48. The molecule has 0 aromatic carbocycles. The van der Waals surface area contributed by atoms with Crippen LogP contribution in [0, 0.1) is 5.92 Å². The minimum absolute atomic E-state index is 0.00307. The molecular formula is C15H21IN4O4. The van der Waals surface area contributed by atoms with E-state index in [9.17, 15) is 4.79 Å². The average molecular weight is 448 g/mol. The second-order valence-electron chi connectivity index (χ2n) is 4.85. The van der Waals surface area contributed by atoms with Crippen LogP contribution in [0.2, 0.25) is 0 Å². The number of allylic oxidation sites excluding steroid dienone is 1. The van der Waals surface area contributed by atoms with Crippen molar-refractivity contribution in [3.05, 3.63) is 15.5 Å². The van der Waals surface area contributed by atoms with Crippen LogP contribution in [0.25, 0.3) is 0 Å². The summed E-state index contributed by atoms with van der Waals surface area (Å²) in [6.45, 7) is 5.84. The number of methoxy groups -OCH3 is 2. The van der Waals surface area contributed by atoms with Crippen LogP contribution in [0.1, 0.15) is 20.8 Å². The molecule has 0 atom stereocenters. The van der Waals surface area contributed by atoms with E-state index in [1.165, 1.54) is 20.4 Å². The molecule has 2 N–H and O–H groups in total. The van der Waals surface area contributed by atoms with Crippen molar-refractivity contribution in [3.8, 4) is 11.9 Å². The molecule has 0 bridgehead atoms. The van der Waals surface area contributed by atoms with E-state index in [1.54, 1.807) is 6.92 Å². The summed E-state index contributed by atoms with van der Waals surface area (Å²) in [5.41, 5.74) is 6.92. The van der Waals surface area contributed by atoms with Crippen molar-refractivity contribution >= 4 is 40.0 Å². The fourth-order valence-corrected chi connectivity index (χ4v) is 2.63. The number of esters is 1. The predicted molar refractivity (Wildman–Crippen MR) is 98.9 cm³/mol. The van der Waals surface area contributed by atoms with E-state index in [-0.39, 0.29) is 30.1 Å². The molecular weight excluding hydrogens is 427 g/mol. The van der Waals surface area contributed by atoms with Crippen molar-refractivity contribution in [2.75, 3.05) is 20.8 Å². The molecule has 24 heavy (non-hydrogen) atoms. The van der Waals surface area contributed by atoms with Gasteiger partial charge in [0.25, 0.3) is 0 Å². The molecule has 0 radical (unpaired) electrons. The molecule has 1 aromatic heterocycles. The summed E-state index contributed by atoms with van der Waals surface area (Å²) in [5.74, 6) is -0.316. The van der Waals surface area contributed by atoms with Crippen LogP contribution in [0.4, 0.5) is 5.69 Å². The minimum atomic E-state index is -0.576. The van der Waals surface area contributed by atoms with Gasteiger partial charge >= 0.3 is 12.0 Å². The van der Waals surface area contributed by atoms with E-state index >= 15 is 0 Å². The summed E-state index contributed by atoms with van der Waals surface area (Å²) in [7, 11) is 2.94. The first-order chi connectivity index (χ1) is 11.3. The highest BCUT2D eigenvalue weighted by molar-refractivity contribution is 14.1. The minimum Gasteiger partial charge on any atom is -0.479 e. The van der Waals surface area contributed by atoms with Crippen molar-refractivity contribution in [2.24, 2.45) is 16.6 Å². The monoisotopic (exact) mass is 448 g/mol. The highest BCUT2D eigenvalue weighted by Gasteiger charge is 2.19. The smallest absolute Gasteiger partial charge is 0.355 e. The average Bonchev–Trinajstić information content (AvgIpc) is 2.58. The van der Waals surface area contributed by atoms with Crippen LogP contribution >= 0.6 is 22.6 Å². The molecule has 132 valence electrons. The second kappa shape index (κ2) is 9.40. The lowest BCUT2D eigenvalue weighted by atomic mass is 10.1. The summed E-state index contributed by atoms with van der Waals surface area (Å²) < 4.78 is 15.6. The molecule has 0 fully saturated rings. The van der Waals surface area contributed by atoms with Crippen molar-refractivity contribution in [2.45, 2.75) is 20.8 Å². The third kappa shape index (κ3) is 5.05. The van der Waals surface area contributed by atoms with Gasteiger partial charge in [-0.1, -0.05) is 13.8 Å². The zero-order valence-electron chi connectivity index (χ0n) is 14.3. The Labute approximate surface area is 154 Å². The molecule has 1 heterocycles. The van der Waals surface area contributed by atoms with Crippen molar-refractivity contribution < 1.29 is 19.0 Å². The maximum Gasteiger partial charge on any atom is 0.355 e. The Morgan fingerprint density at radius 2 is 2.04 bits per heavy atom. The van der Waals surface area contributed by atoms with E-state index in [2.05, 4.69) is 15.0 Å². The van der Waals surface area contributed by atoms with Gasteiger partial charge in [-0.25, -0.2) is 14.8 Å². The lowest BCUT2D eigenvalue weighted by Gasteiger charge is -2.13. The first-order valence-corrected chi connectivity index (χ1v) is 8.29. The SMILES string of the molecule is CCOC(=O)C(N)=C(I)C(=Nc1cnc(OC)nc1OC)C(C)C. The zero-order chi connectivity index (χ0) is 18.3. The number of hydrogen-bond acceptors (Lipinski definition) is 8. The Balaban J connectivity index is 3.38. The first-order valence-electron chi connectivity index (χ1n) is 7.21. The number of nitrogens with two attached hydrogens (primary N) is 1. The molecule has 0 aliphatic heterocycles. The zero-order valence-corrected chi connectivity index (χ0v) is 16.4. The second-order valence-corrected chi connectivity index (χ2v) is 5.93. The van der Waals surface area contributed by atoms with Crippen LogP contribution in [0.5, 0.6) is 11.9 Å². The highest BCUT2D eigenvalue weighted by atomic mass is 127. The number of hydrogen-bond donors (Lipinski definition) is 1. The number of aliphatic imine (C=N–C) groups is 1. The number of aromatic nitrogens is 2. The molecule has 0 aliphatic rings. The van der Waals surface area contributed by atoms with Gasteiger partial charge in [-0.15, -0.1) is 0 Å². The molecule has 0 unspecified atom stereocenters. The quantitative estimate of drug-likeness (QED) is 0.295. The van der Waals surface area contributed by atoms with E-state index in [4.69, 9.17) is 19.9 Å². The number of carbonyl (C=O) groups is 1. The third-order valence-electron chi connectivity index (χ3n) is 2.83. The van der Waals surface area contributed by atoms with E-state index in [0.29, 0.717) is 15.0 Å². The third-order valence-corrected chi connectivity index (χ3v) is 3.97. The Morgan fingerprint density at radius 3 is 2.54 bits per heavy atom. The Hall–Kier alpha value is -1.91. The summed E-state index contributed by atoms with van der Waals surface area (Å²) in [5, 5.41) is 0. The van der Waals surface area contributed by atoms with Crippen LogP contribution in [-0.4, -0.2) is 42.5 Å².